The van der Waals surface area contributed by atoms with E-state index in [0.717, 1.165) is 36.1 Å². The van der Waals surface area contributed by atoms with E-state index in [1.807, 2.05) is 50.2 Å². The van der Waals surface area contributed by atoms with Crippen LogP contribution < -0.4 is 18.9 Å². The van der Waals surface area contributed by atoms with Crippen LogP contribution in [0.5, 0.6) is 23.0 Å². The molecule has 37 heavy (non-hydrogen) atoms. The lowest BCUT2D eigenvalue weighted by Gasteiger charge is -2.11. The topological polar surface area (TPSA) is 101 Å². The molecule has 0 atom stereocenters. The summed E-state index contributed by atoms with van der Waals surface area (Å²) in [7, 11) is 3.20. The Bertz CT molecular complexity index is 941. The van der Waals surface area contributed by atoms with Gasteiger partial charge in [0.15, 0.2) is 23.0 Å². The van der Waals surface area contributed by atoms with Gasteiger partial charge in [0.2, 0.25) is 0 Å². The molecule has 0 amide bonds. The SMILES string of the molecule is CCCOC(=O)CCc1ccc(OCCC)c(OC)c1.CCCOc1ccc(CCC(=O)O)cc1OC. The molecule has 0 spiro atoms. The number of benzene rings is 2. The van der Waals surface area contributed by atoms with Crippen molar-refractivity contribution in [1.29, 1.82) is 0 Å². The first-order valence-corrected chi connectivity index (χ1v) is 12.8. The van der Waals surface area contributed by atoms with Gasteiger partial charge in [-0.3, -0.25) is 9.59 Å². The van der Waals surface area contributed by atoms with Crippen LogP contribution in [0.3, 0.4) is 0 Å². The number of methoxy groups -OCH3 is 2. The normalized spacial score (nSPS) is 10.1. The summed E-state index contributed by atoms with van der Waals surface area (Å²) < 4.78 is 26.7. The maximum absolute atomic E-state index is 11.5. The number of carboxylic acid groups (broad SMARTS) is 1. The van der Waals surface area contributed by atoms with Crippen LogP contribution in [0, 0.1) is 0 Å². The van der Waals surface area contributed by atoms with Crippen LogP contribution in [0.4, 0.5) is 0 Å². The Balaban J connectivity index is 0.000000375. The van der Waals surface area contributed by atoms with Gasteiger partial charge in [0.05, 0.1) is 34.0 Å². The predicted octanol–water partition coefficient (Wildman–Crippen LogP) is 5.87. The summed E-state index contributed by atoms with van der Waals surface area (Å²) in [5.41, 5.74) is 1.98. The summed E-state index contributed by atoms with van der Waals surface area (Å²) in [5, 5.41) is 8.62. The number of aryl methyl sites for hydroxylation is 2. The van der Waals surface area contributed by atoms with E-state index >= 15 is 0 Å². The van der Waals surface area contributed by atoms with Crippen LogP contribution in [-0.2, 0) is 27.2 Å². The number of esters is 1. The van der Waals surface area contributed by atoms with E-state index in [2.05, 4.69) is 6.92 Å². The minimum Gasteiger partial charge on any atom is -0.493 e. The summed E-state index contributed by atoms with van der Waals surface area (Å²) >= 11 is 0. The average molecular weight is 519 g/mol. The molecule has 2 aromatic carbocycles. The monoisotopic (exact) mass is 518 g/mol. The van der Waals surface area contributed by atoms with Gasteiger partial charge in [-0.05, 0) is 67.5 Å². The third kappa shape index (κ3) is 12.9. The Morgan fingerprint density at radius 1 is 0.676 bits per heavy atom. The zero-order valence-electron chi connectivity index (χ0n) is 22.8. The van der Waals surface area contributed by atoms with E-state index < -0.39 is 5.97 Å². The number of hydrogen-bond acceptors (Lipinski definition) is 7. The summed E-state index contributed by atoms with van der Waals surface area (Å²) in [5.74, 6) is 1.85. The van der Waals surface area contributed by atoms with E-state index in [4.69, 9.17) is 28.8 Å². The number of aliphatic carboxylic acids is 1. The second kappa shape index (κ2) is 18.8. The Hall–Kier alpha value is -3.42. The van der Waals surface area contributed by atoms with Crippen molar-refractivity contribution >= 4 is 11.9 Å². The van der Waals surface area contributed by atoms with Crippen LogP contribution in [0.25, 0.3) is 0 Å². The first kappa shape index (κ1) is 31.6. The van der Waals surface area contributed by atoms with Crippen LogP contribution in [-0.4, -0.2) is 51.1 Å². The second-order valence-electron chi connectivity index (χ2n) is 8.28. The van der Waals surface area contributed by atoms with Crippen LogP contribution in [0.15, 0.2) is 36.4 Å². The van der Waals surface area contributed by atoms with Gasteiger partial charge in [-0.15, -0.1) is 0 Å². The molecule has 0 bridgehead atoms. The third-order valence-corrected chi connectivity index (χ3v) is 5.09. The van der Waals surface area contributed by atoms with Gasteiger partial charge in [0.1, 0.15) is 0 Å². The zero-order chi connectivity index (χ0) is 27.5. The molecule has 0 aliphatic heterocycles. The van der Waals surface area contributed by atoms with Gasteiger partial charge >= 0.3 is 11.9 Å². The molecular formula is C29H42O8. The van der Waals surface area contributed by atoms with Crippen molar-refractivity contribution < 1.29 is 38.4 Å². The van der Waals surface area contributed by atoms with E-state index in [1.54, 1.807) is 14.2 Å². The number of ether oxygens (including phenoxy) is 5. The Labute approximate surface area is 220 Å². The third-order valence-electron chi connectivity index (χ3n) is 5.09. The molecule has 0 unspecified atom stereocenters. The lowest BCUT2D eigenvalue weighted by molar-refractivity contribution is -0.143. The molecule has 8 nitrogen and oxygen atoms in total. The first-order chi connectivity index (χ1) is 17.9. The van der Waals surface area contributed by atoms with E-state index in [1.165, 1.54) is 0 Å². The fourth-order valence-corrected chi connectivity index (χ4v) is 3.18. The minimum atomic E-state index is -0.796. The second-order valence-corrected chi connectivity index (χ2v) is 8.28. The van der Waals surface area contributed by atoms with Crippen molar-refractivity contribution in [2.75, 3.05) is 34.0 Å². The number of carboxylic acids is 1. The fourth-order valence-electron chi connectivity index (χ4n) is 3.18. The summed E-state index contributed by atoms with van der Waals surface area (Å²) in [6.45, 7) is 7.87. The van der Waals surface area contributed by atoms with Crippen molar-refractivity contribution in [2.24, 2.45) is 0 Å². The maximum atomic E-state index is 11.5. The lowest BCUT2D eigenvalue weighted by Crippen LogP contribution is -2.06. The molecule has 0 heterocycles. The number of rotatable bonds is 16. The Morgan fingerprint density at radius 3 is 1.54 bits per heavy atom. The Kier molecular flexibility index (Phi) is 16.1. The van der Waals surface area contributed by atoms with Crippen LogP contribution in [0.1, 0.15) is 64.0 Å². The van der Waals surface area contributed by atoms with Gasteiger partial charge in [0, 0.05) is 12.8 Å². The van der Waals surface area contributed by atoms with E-state index in [0.29, 0.717) is 56.3 Å². The highest BCUT2D eigenvalue weighted by Crippen LogP contribution is 2.29. The lowest BCUT2D eigenvalue weighted by atomic mass is 10.1. The highest BCUT2D eigenvalue weighted by molar-refractivity contribution is 5.69. The predicted molar refractivity (Wildman–Crippen MR) is 143 cm³/mol. The summed E-state index contributed by atoms with van der Waals surface area (Å²) in [6, 6.07) is 11.3. The Morgan fingerprint density at radius 2 is 1.14 bits per heavy atom. The molecule has 0 saturated carbocycles. The highest BCUT2D eigenvalue weighted by Gasteiger charge is 2.09. The van der Waals surface area contributed by atoms with Crippen LogP contribution >= 0.6 is 0 Å². The maximum Gasteiger partial charge on any atom is 0.306 e. The summed E-state index contributed by atoms with van der Waals surface area (Å²) in [4.78, 5) is 21.9. The molecule has 2 aromatic rings. The number of carbonyl (C=O) groups is 2. The van der Waals surface area contributed by atoms with E-state index in [9.17, 15) is 9.59 Å². The minimum absolute atomic E-state index is 0.123. The number of hydrogen-bond donors (Lipinski definition) is 1. The summed E-state index contributed by atoms with van der Waals surface area (Å²) in [6.07, 6.45) is 4.39. The van der Waals surface area contributed by atoms with Crippen molar-refractivity contribution in [1.82, 2.24) is 0 Å². The molecule has 0 aliphatic carbocycles. The molecule has 2 rings (SSSR count). The molecule has 206 valence electrons. The van der Waals surface area contributed by atoms with Crippen molar-refractivity contribution in [3.05, 3.63) is 47.5 Å². The van der Waals surface area contributed by atoms with Gasteiger partial charge in [-0.25, -0.2) is 0 Å². The molecule has 0 radical (unpaired) electrons. The van der Waals surface area contributed by atoms with Gasteiger partial charge in [-0.1, -0.05) is 32.9 Å². The largest absolute Gasteiger partial charge is 0.493 e. The van der Waals surface area contributed by atoms with Gasteiger partial charge < -0.3 is 28.8 Å². The van der Waals surface area contributed by atoms with Gasteiger partial charge in [0.25, 0.3) is 0 Å². The molecule has 0 fully saturated rings. The average Bonchev–Trinajstić information content (AvgIpc) is 2.92. The van der Waals surface area contributed by atoms with Crippen molar-refractivity contribution in [2.45, 2.75) is 65.7 Å². The standard InChI is InChI=1S/C16H24O4.C13H18O4/c1-4-10-19-14-8-6-13(12-15(14)18-3)7-9-16(17)20-11-5-2;1-3-8-17-11-6-4-10(5-7-13(14)15)9-12(11)16-2/h6,8,12H,4-5,7,9-11H2,1-3H3;4,6,9H,3,5,7-8H2,1-2H3,(H,14,15). The van der Waals surface area contributed by atoms with E-state index in [-0.39, 0.29) is 12.4 Å². The zero-order valence-corrected chi connectivity index (χ0v) is 22.8. The first-order valence-electron chi connectivity index (χ1n) is 12.8. The molecule has 1 N–H and O–H groups in total. The fraction of sp³-hybridized carbons (Fsp3) is 0.517. The molecule has 0 saturated heterocycles. The highest BCUT2D eigenvalue weighted by atomic mass is 16.5. The quantitative estimate of drug-likeness (QED) is 0.275. The van der Waals surface area contributed by atoms with Crippen molar-refractivity contribution in [3.63, 3.8) is 0 Å². The van der Waals surface area contributed by atoms with Gasteiger partial charge in [-0.2, -0.15) is 0 Å². The smallest absolute Gasteiger partial charge is 0.306 e. The number of carbonyl (C=O) groups excluding carboxylic acids is 1. The molecule has 0 aliphatic rings. The van der Waals surface area contributed by atoms with Crippen LogP contribution in [0.2, 0.25) is 0 Å². The van der Waals surface area contributed by atoms with Crippen molar-refractivity contribution in [3.8, 4) is 23.0 Å². The molecule has 0 aromatic heterocycles. The molecule has 8 heteroatoms. The molecular weight excluding hydrogens is 476 g/mol.